The molecule has 1 aromatic carbocycles. The van der Waals surface area contributed by atoms with E-state index in [0.29, 0.717) is 5.56 Å². The van der Waals surface area contributed by atoms with Crippen LogP contribution in [0.2, 0.25) is 0 Å². The molecule has 0 bridgehead atoms. The third kappa shape index (κ3) is 5.23. The topological polar surface area (TPSA) is 105 Å². The summed E-state index contributed by atoms with van der Waals surface area (Å²) in [7, 11) is 1.18. The second kappa shape index (κ2) is 8.40. The van der Waals surface area contributed by atoms with Gasteiger partial charge in [-0.2, -0.15) is 0 Å². The molecule has 8 heteroatoms. The van der Waals surface area contributed by atoms with E-state index in [1.54, 1.807) is 6.92 Å². The lowest BCUT2D eigenvalue weighted by atomic mass is 10.1. The molecule has 1 rings (SSSR count). The molecule has 0 aromatic heterocycles. The summed E-state index contributed by atoms with van der Waals surface area (Å²) in [6, 6.07) is 4.07. The fourth-order valence-electron chi connectivity index (χ4n) is 1.45. The molecule has 1 aromatic rings. The number of hydrogen-bond donors (Lipinski definition) is 0. The minimum Gasteiger partial charge on any atom is -0.475 e. The van der Waals surface area contributed by atoms with Crippen LogP contribution in [0.5, 0.6) is 5.75 Å². The molecule has 0 amide bonds. The maximum Gasteiger partial charge on any atom is 0.343 e. The lowest BCUT2D eigenvalue weighted by molar-refractivity contribution is -0.385. The summed E-state index contributed by atoms with van der Waals surface area (Å²) in [5, 5.41) is 11.0. The highest BCUT2D eigenvalue weighted by Crippen LogP contribution is 2.28. The van der Waals surface area contributed by atoms with Crippen LogP contribution in [0.1, 0.15) is 12.5 Å². The van der Waals surface area contributed by atoms with Crippen molar-refractivity contribution in [2.24, 2.45) is 0 Å². The van der Waals surface area contributed by atoms with Gasteiger partial charge >= 0.3 is 17.6 Å². The smallest absolute Gasteiger partial charge is 0.343 e. The number of ether oxygens (including phenoxy) is 3. The summed E-state index contributed by atoms with van der Waals surface area (Å²) in [6.45, 7) is 1.48. The van der Waals surface area contributed by atoms with Gasteiger partial charge in [-0.15, -0.1) is 0 Å². The second-order valence-corrected chi connectivity index (χ2v) is 3.93. The second-order valence-electron chi connectivity index (χ2n) is 3.93. The number of carbonyl (C=O) groups is 2. The van der Waals surface area contributed by atoms with Gasteiger partial charge in [-0.3, -0.25) is 10.1 Å². The first-order valence-corrected chi connectivity index (χ1v) is 6.30. The zero-order chi connectivity index (χ0) is 16.5. The molecule has 118 valence electrons. The molecular weight excluding hydrogens is 294 g/mol. The first kappa shape index (κ1) is 17.2. The fourth-order valence-corrected chi connectivity index (χ4v) is 1.45. The van der Waals surface area contributed by atoms with Gasteiger partial charge in [0.05, 0.1) is 18.6 Å². The number of benzene rings is 1. The summed E-state index contributed by atoms with van der Waals surface area (Å²) in [4.78, 5) is 32.6. The van der Waals surface area contributed by atoms with Crippen molar-refractivity contribution in [3.63, 3.8) is 0 Å². The monoisotopic (exact) mass is 309 g/mol. The number of nitro benzene ring substituents is 1. The van der Waals surface area contributed by atoms with Crippen molar-refractivity contribution in [3.8, 4) is 5.75 Å². The van der Waals surface area contributed by atoms with E-state index in [4.69, 9.17) is 9.47 Å². The fraction of sp³-hybridized carbons (Fsp3) is 0.286. The van der Waals surface area contributed by atoms with Crippen LogP contribution < -0.4 is 4.74 Å². The Hall–Kier alpha value is -2.90. The molecule has 0 aliphatic rings. The van der Waals surface area contributed by atoms with Gasteiger partial charge in [0.25, 0.3) is 0 Å². The molecule has 0 unspecified atom stereocenters. The van der Waals surface area contributed by atoms with Crippen molar-refractivity contribution >= 4 is 23.7 Å². The normalized spacial score (nSPS) is 10.3. The number of hydrogen-bond acceptors (Lipinski definition) is 7. The van der Waals surface area contributed by atoms with Crippen molar-refractivity contribution in [2.75, 3.05) is 20.3 Å². The zero-order valence-corrected chi connectivity index (χ0v) is 12.1. The van der Waals surface area contributed by atoms with Crippen LogP contribution in [0, 0.1) is 10.1 Å². The molecule has 22 heavy (non-hydrogen) atoms. The molecule has 0 N–H and O–H groups in total. The Morgan fingerprint density at radius 1 is 1.36 bits per heavy atom. The predicted octanol–water partition coefficient (Wildman–Crippen LogP) is 1.72. The van der Waals surface area contributed by atoms with Gasteiger partial charge in [-0.05, 0) is 24.6 Å². The van der Waals surface area contributed by atoms with E-state index < -0.39 is 23.5 Å². The standard InChI is InChI=1S/C14H15NO7/c1-3-21-13(16)7-5-10-4-6-12(11(8-10)15(18)19)22-9-14(17)20-2/h4-8H,3,9H2,1-2H3/b7-5+. The van der Waals surface area contributed by atoms with Crippen molar-refractivity contribution in [1.82, 2.24) is 0 Å². The van der Waals surface area contributed by atoms with Crippen molar-refractivity contribution < 1.29 is 28.7 Å². The molecule has 0 heterocycles. The van der Waals surface area contributed by atoms with Crippen molar-refractivity contribution in [1.29, 1.82) is 0 Å². The lowest BCUT2D eigenvalue weighted by Crippen LogP contribution is -2.13. The number of carbonyl (C=O) groups excluding carboxylic acids is 2. The molecule has 8 nitrogen and oxygen atoms in total. The largest absolute Gasteiger partial charge is 0.475 e. The van der Waals surface area contributed by atoms with Crippen LogP contribution in [0.4, 0.5) is 5.69 Å². The SMILES string of the molecule is CCOC(=O)/C=C/c1ccc(OCC(=O)OC)c([N+](=O)[O-])c1. The molecular formula is C14H15NO7. The Morgan fingerprint density at radius 2 is 2.09 bits per heavy atom. The van der Waals surface area contributed by atoms with Crippen LogP contribution in [-0.4, -0.2) is 37.2 Å². The number of esters is 2. The summed E-state index contributed by atoms with van der Waals surface area (Å²) in [5.74, 6) is -1.26. The Balaban J connectivity index is 2.92. The molecule has 0 spiro atoms. The molecule has 0 aliphatic heterocycles. The van der Waals surface area contributed by atoms with Gasteiger partial charge < -0.3 is 14.2 Å². The van der Waals surface area contributed by atoms with Gasteiger partial charge in [0.1, 0.15) is 0 Å². The Labute approximate surface area is 126 Å². The van der Waals surface area contributed by atoms with Gasteiger partial charge in [0, 0.05) is 12.1 Å². The summed E-state index contributed by atoms with van der Waals surface area (Å²) >= 11 is 0. The molecule has 0 fully saturated rings. The van der Waals surface area contributed by atoms with Gasteiger partial charge in [-0.1, -0.05) is 6.07 Å². The first-order valence-electron chi connectivity index (χ1n) is 6.30. The van der Waals surface area contributed by atoms with E-state index in [1.807, 2.05) is 0 Å². The van der Waals surface area contributed by atoms with Gasteiger partial charge in [-0.25, -0.2) is 9.59 Å². The third-order valence-electron chi connectivity index (χ3n) is 2.45. The van der Waals surface area contributed by atoms with E-state index in [1.165, 1.54) is 31.4 Å². The van der Waals surface area contributed by atoms with Gasteiger partial charge in [0.15, 0.2) is 12.4 Å². The maximum absolute atomic E-state index is 11.2. The van der Waals surface area contributed by atoms with E-state index in [2.05, 4.69) is 4.74 Å². The quantitative estimate of drug-likeness (QED) is 0.327. The van der Waals surface area contributed by atoms with Crippen LogP contribution in [-0.2, 0) is 19.1 Å². The number of methoxy groups -OCH3 is 1. The highest BCUT2D eigenvalue weighted by molar-refractivity contribution is 5.87. The van der Waals surface area contributed by atoms with E-state index >= 15 is 0 Å². The average Bonchev–Trinajstić information content (AvgIpc) is 2.51. The van der Waals surface area contributed by atoms with Crippen LogP contribution >= 0.6 is 0 Å². The van der Waals surface area contributed by atoms with Gasteiger partial charge in [0.2, 0.25) is 0 Å². The highest BCUT2D eigenvalue weighted by Gasteiger charge is 2.16. The van der Waals surface area contributed by atoms with Crippen molar-refractivity contribution in [2.45, 2.75) is 6.92 Å². The maximum atomic E-state index is 11.2. The van der Waals surface area contributed by atoms with E-state index in [0.717, 1.165) is 6.08 Å². The summed E-state index contributed by atoms with van der Waals surface area (Å²) < 4.78 is 14.1. The number of nitro groups is 1. The molecule has 0 atom stereocenters. The van der Waals surface area contributed by atoms with Crippen LogP contribution in [0.25, 0.3) is 6.08 Å². The predicted molar refractivity (Wildman–Crippen MR) is 76.3 cm³/mol. The minimum atomic E-state index is -0.652. The van der Waals surface area contributed by atoms with Crippen LogP contribution in [0.15, 0.2) is 24.3 Å². The average molecular weight is 309 g/mol. The molecule has 0 aliphatic carbocycles. The van der Waals surface area contributed by atoms with E-state index in [-0.39, 0.29) is 18.0 Å². The third-order valence-corrected chi connectivity index (χ3v) is 2.45. The summed E-state index contributed by atoms with van der Waals surface area (Å²) in [5.41, 5.74) is 0.0973. The van der Waals surface area contributed by atoms with E-state index in [9.17, 15) is 19.7 Å². The Bertz CT molecular complexity index is 595. The highest BCUT2D eigenvalue weighted by atomic mass is 16.6. The first-order chi connectivity index (χ1) is 10.5. The van der Waals surface area contributed by atoms with Crippen molar-refractivity contribution in [3.05, 3.63) is 40.0 Å². The molecule has 0 saturated heterocycles. The summed E-state index contributed by atoms with van der Waals surface area (Å²) in [6.07, 6.45) is 2.55. The molecule has 0 radical (unpaired) electrons. The minimum absolute atomic E-state index is 0.0660. The number of nitrogens with zero attached hydrogens (tertiary/aromatic N) is 1. The Morgan fingerprint density at radius 3 is 2.68 bits per heavy atom. The number of rotatable bonds is 7. The zero-order valence-electron chi connectivity index (χ0n) is 12.1. The Kier molecular flexibility index (Phi) is 6.55. The lowest BCUT2D eigenvalue weighted by Gasteiger charge is -2.06. The van der Waals surface area contributed by atoms with Crippen LogP contribution in [0.3, 0.4) is 0 Å². The molecule has 0 saturated carbocycles.